The van der Waals surface area contributed by atoms with E-state index in [9.17, 15) is 5.11 Å². The van der Waals surface area contributed by atoms with Gasteiger partial charge in [0.05, 0.1) is 12.3 Å². The SMILES string of the molecule is CC1(C)CCNc2c1ccc(CO)c2Br. The van der Waals surface area contributed by atoms with Crippen LogP contribution in [-0.2, 0) is 12.0 Å². The molecular weight excluding hydrogens is 254 g/mol. The van der Waals surface area contributed by atoms with Crippen LogP contribution in [0.3, 0.4) is 0 Å². The minimum absolute atomic E-state index is 0.0793. The van der Waals surface area contributed by atoms with E-state index in [2.05, 4.69) is 41.2 Å². The standard InChI is InChI=1S/C12H16BrNO/c1-12(2)5-6-14-11-9(12)4-3-8(7-15)10(11)13/h3-4,14-15H,5-7H2,1-2H3. The fourth-order valence-electron chi connectivity index (χ4n) is 2.11. The van der Waals surface area contributed by atoms with E-state index >= 15 is 0 Å². The molecule has 15 heavy (non-hydrogen) atoms. The van der Waals surface area contributed by atoms with Crippen molar-refractivity contribution in [2.24, 2.45) is 0 Å². The maximum atomic E-state index is 9.19. The number of anilines is 1. The van der Waals surface area contributed by atoms with Gasteiger partial charge in [0.1, 0.15) is 0 Å². The van der Waals surface area contributed by atoms with E-state index in [4.69, 9.17) is 0 Å². The summed E-state index contributed by atoms with van der Waals surface area (Å²) in [6.45, 7) is 5.60. The highest BCUT2D eigenvalue weighted by Crippen LogP contribution is 2.41. The number of fused-ring (bicyclic) bond motifs is 1. The average Bonchev–Trinajstić information content (AvgIpc) is 2.19. The molecule has 0 saturated carbocycles. The molecule has 0 bridgehead atoms. The Morgan fingerprint density at radius 2 is 2.20 bits per heavy atom. The van der Waals surface area contributed by atoms with Crippen molar-refractivity contribution in [3.05, 3.63) is 27.7 Å². The first kappa shape index (κ1) is 11.0. The summed E-state index contributed by atoms with van der Waals surface area (Å²) in [5.74, 6) is 0. The van der Waals surface area contributed by atoms with Gasteiger partial charge in [-0.2, -0.15) is 0 Å². The lowest BCUT2D eigenvalue weighted by atomic mass is 9.78. The molecule has 1 aliphatic rings. The highest BCUT2D eigenvalue weighted by atomic mass is 79.9. The summed E-state index contributed by atoms with van der Waals surface area (Å²) in [6, 6.07) is 4.12. The molecule has 2 nitrogen and oxygen atoms in total. The second kappa shape index (κ2) is 3.80. The first-order chi connectivity index (χ1) is 7.06. The highest BCUT2D eigenvalue weighted by molar-refractivity contribution is 9.10. The van der Waals surface area contributed by atoms with Crippen LogP contribution >= 0.6 is 15.9 Å². The van der Waals surface area contributed by atoms with E-state index in [0.717, 1.165) is 28.7 Å². The number of hydrogen-bond donors (Lipinski definition) is 2. The topological polar surface area (TPSA) is 32.3 Å². The van der Waals surface area contributed by atoms with E-state index in [-0.39, 0.29) is 12.0 Å². The molecule has 1 aromatic rings. The predicted molar refractivity (Wildman–Crippen MR) is 66.2 cm³/mol. The normalized spacial score (nSPS) is 18.1. The molecule has 1 heterocycles. The quantitative estimate of drug-likeness (QED) is 0.822. The predicted octanol–water partition coefficient (Wildman–Crippen LogP) is 3.03. The van der Waals surface area contributed by atoms with Gasteiger partial charge in [0.15, 0.2) is 0 Å². The van der Waals surface area contributed by atoms with Gasteiger partial charge in [-0.1, -0.05) is 26.0 Å². The minimum atomic E-state index is 0.0793. The fraction of sp³-hybridized carbons (Fsp3) is 0.500. The molecule has 2 rings (SSSR count). The number of rotatable bonds is 1. The van der Waals surface area contributed by atoms with Crippen molar-refractivity contribution in [2.45, 2.75) is 32.3 Å². The van der Waals surface area contributed by atoms with Crippen LogP contribution in [0.5, 0.6) is 0 Å². The Kier molecular flexibility index (Phi) is 2.77. The first-order valence-electron chi connectivity index (χ1n) is 5.23. The van der Waals surface area contributed by atoms with Crippen molar-refractivity contribution in [1.82, 2.24) is 0 Å². The summed E-state index contributed by atoms with van der Waals surface area (Å²) < 4.78 is 1.01. The minimum Gasteiger partial charge on any atom is -0.392 e. The Balaban J connectivity index is 2.58. The first-order valence-corrected chi connectivity index (χ1v) is 6.02. The Morgan fingerprint density at radius 1 is 1.47 bits per heavy atom. The van der Waals surface area contributed by atoms with Crippen LogP contribution in [-0.4, -0.2) is 11.7 Å². The third-order valence-electron chi connectivity index (χ3n) is 3.17. The zero-order chi connectivity index (χ0) is 11.1. The van der Waals surface area contributed by atoms with Crippen molar-refractivity contribution in [1.29, 1.82) is 0 Å². The van der Waals surface area contributed by atoms with E-state index in [1.807, 2.05) is 6.07 Å². The van der Waals surface area contributed by atoms with Gasteiger partial charge < -0.3 is 10.4 Å². The third kappa shape index (κ3) is 1.79. The van der Waals surface area contributed by atoms with Crippen molar-refractivity contribution >= 4 is 21.6 Å². The molecule has 0 aliphatic carbocycles. The fourth-order valence-corrected chi connectivity index (χ4v) is 2.72. The molecule has 82 valence electrons. The van der Waals surface area contributed by atoms with Crippen molar-refractivity contribution in [3.63, 3.8) is 0 Å². The molecule has 0 fully saturated rings. The molecular formula is C12H16BrNO. The summed E-state index contributed by atoms with van der Waals surface area (Å²) in [6.07, 6.45) is 1.14. The van der Waals surface area contributed by atoms with Crippen LogP contribution in [0.4, 0.5) is 5.69 Å². The van der Waals surface area contributed by atoms with E-state index in [0.29, 0.717) is 0 Å². The Morgan fingerprint density at radius 3 is 2.87 bits per heavy atom. The molecule has 0 radical (unpaired) electrons. The number of halogens is 1. The summed E-state index contributed by atoms with van der Waals surface area (Å²) in [5.41, 5.74) is 3.64. The summed E-state index contributed by atoms with van der Waals surface area (Å²) in [7, 11) is 0. The van der Waals surface area contributed by atoms with Crippen LogP contribution in [0, 0.1) is 0 Å². The van der Waals surface area contributed by atoms with E-state index in [1.54, 1.807) is 0 Å². The number of nitrogens with one attached hydrogen (secondary N) is 1. The number of hydrogen-bond acceptors (Lipinski definition) is 2. The molecule has 0 spiro atoms. The van der Waals surface area contributed by atoms with Gasteiger partial charge in [0.25, 0.3) is 0 Å². The lowest BCUT2D eigenvalue weighted by Gasteiger charge is -2.34. The maximum Gasteiger partial charge on any atom is 0.0693 e. The molecule has 3 heteroatoms. The summed E-state index contributed by atoms with van der Waals surface area (Å²) in [4.78, 5) is 0. The van der Waals surface area contributed by atoms with Gasteiger partial charge >= 0.3 is 0 Å². The Bertz CT molecular complexity index is 387. The lowest BCUT2D eigenvalue weighted by Crippen LogP contribution is -2.28. The second-order valence-electron chi connectivity index (χ2n) is 4.68. The summed E-state index contributed by atoms with van der Waals surface area (Å²) in [5, 5.41) is 12.6. The molecule has 0 amide bonds. The molecule has 1 aliphatic heterocycles. The maximum absolute atomic E-state index is 9.19. The van der Waals surface area contributed by atoms with Gasteiger partial charge in [-0.25, -0.2) is 0 Å². The van der Waals surface area contributed by atoms with Gasteiger partial charge in [0, 0.05) is 11.0 Å². The Hall–Kier alpha value is -0.540. The van der Waals surface area contributed by atoms with Gasteiger partial charge in [-0.15, -0.1) is 0 Å². The van der Waals surface area contributed by atoms with Gasteiger partial charge in [-0.3, -0.25) is 0 Å². The van der Waals surface area contributed by atoms with E-state index < -0.39 is 0 Å². The van der Waals surface area contributed by atoms with Crippen LogP contribution in [0.15, 0.2) is 16.6 Å². The Labute approximate surface area is 98.8 Å². The van der Waals surface area contributed by atoms with E-state index in [1.165, 1.54) is 5.56 Å². The smallest absolute Gasteiger partial charge is 0.0693 e. The van der Waals surface area contributed by atoms with Crippen LogP contribution in [0.1, 0.15) is 31.4 Å². The van der Waals surface area contributed by atoms with Crippen molar-refractivity contribution < 1.29 is 5.11 Å². The second-order valence-corrected chi connectivity index (χ2v) is 5.47. The molecule has 0 unspecified atom stereocenters. The molecule has 2 N–H and O–H groups in total. The zero-order valence-electron chi connectivity index (χ0n) is 9.10. The number of aliphatic hydroxyl groups is 1. The third-order valence-corrected chi connectivity index (χ3v) is 4.08. The van der Waals surface area contributed by atoms with Crippen molar-refractivity contribution in [2.75, 3.05) is 11.9 Å². The van der Waals surface area contributed by atoms with Crippen LogP contribution < -0.4 is 5.32 Å². The number of benzene rings is 1. The van der Waals surface area contributed by atoms with Gasteiger partial charge in [0.2, 0.25) is 0 Å². The van der Waals surface area contributed by atoms with Crippen LogP contribution in [0.25, 0.3) is 0 Å². The number of aliphatic hydroxyl groups excluding tert-OH is 1. The summed E-state index contributed by atoms with van der Waals surface area (Å²) >= 11 is 3.56. The van der Waals surface area contributed by atoms with Crippen LogP contribution in [0.2, 0.25) is 0 Å². The molecule has 0 aromatic heterocycles. The van der Waals surface area contributed by atoms with Crippen molar-refractivity contribution in [3.8, 4) is 0 Å². The zero-order valence-corrected chi connectivity index (χ0v) is 10.7. The molecule has 0 saturated heterocycles. The molecule has 0 atom stereocenters. The van der Waals surface area contributed by atoms with Gasteiger partial charge in [-0.05, 0) is 38.9 Å². The highest BCUT2D eigenvalue weighted by Gasteiger charge is 2.28. The lowest BCUT2D eigenvalue weighted by molar-refractivity contribution is 0.281. The monoisotopic (exact) mass is 269 g/mol. The molecule has 1 aromatic carbocycles. The largest absolute Gasteiger partial charge is 0.392 e. The average molecular weight is 270 g/mol.